The molecule has 0 spiro atoms. The molecule has 3 aromatic heterocycles. The highest BCUT2D eigenvalue weighted by Crippen LogP contribution is 2.46. The van der Waals surface area contributed by atoms with Crippen LogP contribution in [0.5, 0.6) is 0 Å². The van der Waals surface area contributed by atoms with Crippen molar-refractivity contribution in [3.63, 3.8) is 0 Å². The van der Waals surface area contributed by atoms with Crippen LogP contribution in [0.15, 0.2) is 24.4 Å². The summed E-state index contributed by atoms with van der Waals surface area (Å²) in [7, 11) is 0. The van der Waals surface area contributed by atoms with Gasteiger partial charge >= 0.3 is 5.97 Å². The maximum absolute atomic E-state index is 14.5. The number of hydrogen-bond acceptors (Lipinski definition) is 5. The summed E-state index contributed by atoms with van der Waals surface area (Å²) in [4.78, 5) is 20.1. The summed E-state index contributed by atoms with van der Waals surface area (Å²) in [5, 5.41) is 20.1. The van der Waals surface area contributed by atoms with E-state index >= 15 is 0 Å². The van der Waals surface area contributed by atoms with Crippen LogP contribution in [-0.4, -0.2) is 37.3 Å². The molecule has 29 heavy (non-hydrogen) atoms. The molecular formula is C20H19F2N5O2. The van der Waals surface area contributed by atoms with Gasteiger partial charge < -0.3 is 10.4 Å². The minimum Gasteiger partial charge on any atom is -0.481 e. The van der Waals surface area contributed by atoms with E-state index in [0.29, 0.717) is 22.4 Å². The Balaban J connectivity index is 1.51. The van der Waals surface area contributed by atoms with Crippen LogP contribution in [-0.2, 0) is 4.79 Å². The number of halogens is 2. The summed E-state index contributed by atoms with van der Waals surface area (Å²) in [6.07, 6.45) is 4.74. The topological polar surface area (TPSA) is 104 Å². The van der Waals surface area contributed by atoms with Crippen LogP contribution in [0.1, 0.15) is 25.7 Å². The van der Waals surface area contributed by atoms with Crippen molar-refractivity contribution >= 4 is 22.8 Å². The molecule has 2 bridgehead atoms. The Hall–Kier alpha value is -3.10. The minimum atomic E-state index is -0.853. The molecule has 0 amide bonds. The normalized spacial score (nSPS) is 26.0. The van der Waals surface area contributed by atoms with Gasteiger partial charge in [0.25, 0.3) is 0 Å². The van der Waals surface area contributed by atoms with E-state index in [-0.39, 0.29) is 23.7 Å². The van der Waals surface area contributed by atoms with Gasteiger partial charge in [0.2, 0.25) is 0 Å². The predicted octanol–water partition coefficient (Wildman–Crippen LogP) is 3.60. The van der Waals surface area contributed by atoms with Crippen molar-refractivity contribution < 1.29 is 18.7 Å². The Morgan fingerprint density at radius 1 is 1.17 bits per heavy atom. The Morgan fingerprint density at radius 2 is 1.93 bits per heavy atom. The van der Waals surface area contributed by atoms with Gasteiger partial charge in [0.05, 0.1) is 23.2 Å². The van der Waals surface area contributed by atoms with Gasteiger partial charge in [-0.25, -0.2) is 18.7 Å². The SMILES string of the molecule is O=C(O)[C@H]1C2CCC(CC2)[C@H]1Nc1nc(-c2n[nH]c3ncc(F)cc23)ccc1F. The van der Waals surface area contributed by atoms with Gasteiger partial charge in [-0.05, 0) is 55.7 Å². The van der Waals surface area contributed by atoms with E-state index in [1.807, 2.05) is 0 Å². The van der Waals surface area contributed by atoms with Gasteiger partial charge in [0.15, 0.2) is 17.3 Å². The number of aromatic amines is 1. The number of carboxylic acids is 1. The van der Waals surface area contributed by atoms with E-state index < -0.39 is 23.5 Å². The van der Waals surface area contributed by atoms with Crippen molar-refractivity contribution in [2.24, 2.45) is 17.8 Å². The third-order valence-electron chi connectivity index (χ3n) is 6.28. The summed E-state index contributed by atoms with van der Waals surface area (Å²) in [5.41, 5.74) is 1.10. The van der Waals surface area contributed by atoms with Crippen LogP contribution >= 0.6 is 0 Å². The van der Waals surface area contributed by atoms with E-state index in [0.717, 1.165) is 31.9 Å². The van der Waals surface area contributed by atoms with E-state index in [1.54, 1.807) is 0 Å². The third kappa shape index (κ3) is 3.01. The van der Waals surface area contributed by atoms with Gasteiger partial charge in [-0.3, -0.25) is 9.89 Å². The molecule has 3 heterocycles. The Bertz CT molecular complexity index is 1090. The lowest BCUT2D eigenvalue weighted by molar-refractivity contribution is -0.148. The first-order chi connectivity index (χ1) is 14.0. The van der Waals surface area contributed by atoms with Crippen molar-refractivity contribution in [1.82, 2.24) is 20.2 Å². The van der Waals surface area contributed by atoms with Crippen LogP contribution in [0.3, 0.4) is 0 Å². The van der Waals surface area contributed by atoms with Crippen LogP contribution < -0.4 is 5.32 Å². The second-order valence-electron chi connectivity index (χ2n) is 7.86. The average Bonchev–Trinajstić information content (AvgIpc) is 3.13. The zero-order chi connectivity index (χ0) is 20.1. The summed E-state index contributed by atoms with van der Waals surface area (Å²) in [5.74, 6) is -2.22. The molecule has 3 aliphatic carbocycles. The molecule has 6 rings (SSSR count). The molecule has 0 saturated heterocycles. The largest absolute Gasteiger partial charge is 0.481 e. The lowest BCUT2D eigenvalue weighted by atomic mass is 9.61. The number of aromatic nitrogens is 4. The Labute approximate surface area is 164 Å². The number of carboxylic acid groups (broad SMARTS) is 1. The summed E-state index contributed by atoms with van der Waals surface area (Å²) >= 11 is 0. The number of fused-ring (bicyclic) bond motifs is 4. The lowest BCUT2D eigenvalue weighted by Crippen LogP contribution is -2.51. The quantitative estimate of drug-likeness (QED) is 0.619. The monoisotopic (exact) mass is 399 g/mol. The number of carbonyl (C=O) groups is 1. The molecule has 3 aliphatic rings. The fourth-order valence-electron chi connectivity index (χ4n) is 4.92. The number of aliphatic carboxylic acids is 1. The second kappa shape index (κ2) is 6.75. The number of nitrogens with one attached hydrogen (secondary N) is 2. The van der Waals surface area contributed by atoms with E-state index in [4.69, 9.17) is 0 Å². The van der Waals surface area contributed by atoms with Gasteiger partial charge in [0.1, 0.15) is 11.5 Å². The molecule has 3 aromatic rings. The number of anilines is 1. The molecule has 0 aromatic carbocycles. The molecule has 150 valence electrons. The van der Waals surface area contributed by atoms with E-state index in [2.05, 4.69) is 25.5 Å². The van der Waals surface area contributed by atoms with Crippen molar-refractivity contribution in [3.05, 3.63) is 36.0 Å². The standard InChI is InChI=1S/C20H19F2N5O2/c21-11-7-12-17(26-27-18(12)23-8-11)14-6-5-13(22)19(24-14)25-16-10-3-1-9(2-4-10)15(16)20(28)29/h5-10,15-16H,1-4H2,(H,24,25)(H,28,29)(H,23,26,27)/t9?,10?,15-,16+/m0/s1. The van der Waals surface area contributed by atoms with Crippen molar-refractivity contribution in [1.29, 1.82) is 0 Å². The van der Waals surface area contributed by atoms with Crippen LogP contribution in [0, 0.1) is 29.4 Å². The predicted molar refractivity (Wildman–Crippen MR) is 101 cm³/mol. The second-order valence-corrected chi connectivity index (χ2v) is 7.86. The molecule has 9 heteroatoms. The summed E-state index contributed by atoms with van der Waals surface area (Å²) < 4.78 is 28.2. The molecule has 0 unspecified atom stereocenters. The van der Waals surface area contributed by atoms with Crippen molar-refractivity contribution in [2.45, 2.75) is 31.7 Å². The van der Waals surface area contributed by atoms with Gasteiger partial charge in [0, 0.05) is 6.04 Å². The first-order valence-electron chi connectivity index (χ1n) is 9.67. The highest BCUT2D eigenvalue weighted by molar-refractivity contribution is 5.89. The van der Waals surface area contributed by atoms with Crippen LogP contribution in [0.4, 0.5) is 14.6 Å². The number of rotatable bonds is 4. The highest BCUT2D eigenvalue weighted by Gasteiger charge is 2.47. The molecule has 3 N–H and O–H groups in total. The van der Waals surface area contributed by atoms with Crippen molar-refractivity contribution in [3.8, 4) is 11.4 Å². The molecule has 3 fully saturated rings. The Kier molecular flexibility index (Phi) is 4.18. The number of hydrogen-bond donors (Lipinski definition) is 3. The summed E-state index contributed by atoms with van der Waals surface area (Å²) in [6.45, 7) is 0. The minimum absolute atomic E-state index is 0.00758. The zero-order valence-electron chi connectivity index (χ0n) is 15.4. The maximum atomic E-state index is 14.5. The smallest absolute Gasteiger partial charge is 0.308 e. The first-order valence-corrected chi connectivity index (χ1v) is 9.67. The van der Waals surface area contributed by atoms with Crippen LogP contribution in [0.2, 0.25) is 0 Å². The van der Waals surface area contributed by atoms with Gasteiger partial charge in [-0.1, -0.05) is 0 Å². The molecular weight excluding hydrogens is 380 g/mol. The molecule has 7 nitrogen and oxygen atoms in total. The molecule has 0 radical (unpaired) electrons. The number of pyridine rings is 2. The fourth-order valence-corrected chi connectivity index (χ4v) is 4.92. The number of H-pyrrole nitrogens is 1. The van der Waals surface area contributed by atoms with Crippen molar-refractivity contribution in [2.75, 3.05) is 5.32 Å². The molecule has 3 saturated carbocycles. The lowest BCUT2D eigenvalue weighted by Gasteiger charge is -2.47. The zero-order valence-corrected chi connectivity index (χ0v) is 15.4. The Morgan fingerprint density at radius 3 is 2.69 bits per heavy atom. The van der Waals surface area contributed by atoms with E-state index in [9.17, 15) is 18.7 Å². The molecule has 2 atom stereocenters. The van der Waals surface area contributed by atoms with Crippen LogP contribution in [0.25, 0.3) is 22.4 Å². The third-order valence-corrected chi connectivity index (χ3v) is 6.28. The fraction of sp³-hybridized carbons (Fsp3) is 0.400. The van der Waals surface area contributed by atoms with Gasteiger partial charge in [-0.2, -0.15) is 5.10 Å². The highest BCUT2D eigenvalue weighted by atomic mass is 19.1. The average molecular weight is 399 g/mol. The molecule has 0 aliphatic heterocycles. The number of nitrogens with zero attached hydrogens (tertiary/aromatic N) is 3. The summed E-state index contributed by atoms with van der Waals surface area (Å²) in [6, 6.07) is 3.64. The first kappa shape index (κ1) is 18.0. The van der Waals surface area contributed by atoms with E-state index in [1.165, 1.54) is 18.2 Å². The maximum Gasteiger partial charge on any atom is 0.308 e. The van der Waals surface area contributed by atoms with Gasteiger partial charge in [-0.15, -0.1) is 0 Å².